The van der Waals surface area contributed by atoms with E-state index in [0.29, 0.717) is 0 Å². The van der Waals surface area contributed by atoms with Crippen LogP contribution < -0.4 is 0 Å². The van der Waals surface area contributed by atoms with E-state index in [2.05, 4.69) is 4.99 Å². The summed E-state index contributed by atoms with van der Waals surface area (Å²) < 4.78 is 0. The Bertz CT molecular complexity index is 518. The van der Waals surface area contributed by atoms with E-state index in [1.165, 1.54) is 0 Å². The molecule has 2 rings (SSSR count). The maximum absolute atomic E-state index is 9.50. The summed E-state index contributed by atoms with van der Waals surface area (Å²) in [7, 11) is 14.9. The molecule has 0 aliphatic heterocycles. The zero-order valence-corrected chi connectivity index (χ0v) is 13.6. The van der Waals surface area contributed by atoms with Crippen LogP contribution in [-0.2, 0) is 14.7 Å². The standard InChI is InChI=1S/C13H11NO.3ClH.Ti/c15-13-9-5-4-6-11(13)10-14-12-7-2-1-3-8-12;;;;/h1-10,15H;3*1H;/q;;;;+3/p-3. The van der Waals surface area contributed by atoms with Crippen molar-refractivity contribution in [2.75, 3.05) is 0 Å². The Kier molecular flexibility index (Phi) is 8.19. The van der Waals surface area contributed by atoms with Crippen LogP contribution in [-0.4, -0.2) is 11.3 Å². The predicted molar refractivity (Wildman–Crippen MR) is 79.4 cm³/mol. The number of phenolic OH excluding ortho intramolecular Hbond substituents is 1. The van der Waals surface area contributed by atoms with Crippen LogP contribution >= 0.6 is 27.9 Å². The molecule has 0 aliphatic carbocycles. The van der Waals surface area contributed by atoms with Crippen molar-refractivity contribution >= 4 is 39.8 Å². The van der Waals surface area contributed by atoms with Gasteiger partial charge >= 0.3 is 42.6 Å². The number of benzene rings is 2. The molecule has 0 aromatic heterocycles. The molecule has 19 heavy (non-hydrogen) atoms. The van der Waals surface area contributed by atoms with Crippen molar-refractivity contribution in [2.24, 2.45) is 4.99 Å². The summed E-state index contributed by atoms with van der Waals surface area (Å²) in [6.45, 7) is 0. The van der Waals surface area contributed by atoms with Gasteiger partial charge < -0.3 is 5.11 Å². The zero-order chi connectivity index (χ0) is 14.1. The molecule has 99 valence electrons. The van der Waals surface area contributed by atoms with E-state index in [0.717, 1.165) is 11.3 Å². The molecule has 0 unspecified atom stereocenters. The van der Waals surface area contributed by atoms with Crippen LogP contribution in [0.1, 0.15) is 5.56 Å². The summed E-state index contributed by atoms with van der Waals surface area (Å²) in [6, 6.07) is 16.7. The summed E-state index contributed by atoms with van der Waals surface area (Å²) in [6.07, 6.45) is 1.66. The van der Waals surface area contributed by atoms with Crippen LogP contribution in [0.3, 0.4) is 0 Å². The number of halogens is 3. The number of hydrogen-bond donors (Lipinski definition) is 1. The van der Waals surface area contributed by atoms with Crippen molar-refractivity contribution in [1.82, 2.24) is 0 Å². The molecule has 0 atom stereocenters. The van der Waals surface area contributed by atoms with Gasteiger partial charge in [-0.15, -0.1) is 0 Å². The second-order valence-corrected chi connectivity index (χ2v) is 11.1. The topological polar surface area (TPSA) is 32.6 Å². The molecule has 0 bridgehead atoms. The maximum atomic E-state index is 9.50. The van der Waals surface area contributed by atoms with Crippen LogP contribution in [0.2, 0.25) is 0 Å². The predicted octanol–water partition coefficient (Wildman–Crippen LogP) is 5.21. The Balaban J connectivity index is 0.000000399. The molecule has 0 heterocycles. The number of phenols is 1. The van der Waals surface area contributed by atoms with E-state index in [4.69, 9.17) is 27.9 Å². The molecule has 0 spiro atoms. The molecule has 0 amide bonds. The van der Waals surface area contributed by atoms with Crippen molar-refractivity contribution in [3.05, 3.63) is 60.2 Å². The third-order valence-corrected chi connectivity index (χ3v) is 2.05. The van der Waals surface area contributed by atoms with E-state index in [1.807, 2.05) is 42.5 Å². The number of nitrogens with zero attached hydrogens (tertiary/aromatic N) is 1. The van der Waals surface area contributed by atoms with E-state index >= 15 is 0 Å². The first-order chi connectivity index (χ1) is 9.09. The molecule has 0 saturated heterocycles. The number of hydrogen-bond acceptors (Lipinski definition) is 2. The van der Waals surface area contributed by atoms with Gasteiger partial charge in [0.15, 0.2) is 0 Å². The van der Waals surface area contributed by atoms with Crippen molar-refractivity contribution < 1.29 is 19.8 Å². The fourth-order valence-corrected chi connectivity index (χ4v) is 1.25. The normalized spacial score (nSPS) is 9.84. The van der Waals surface area contributed by atoms with Crippen molar-refractivity contribution in [3.8, 4) is 5.75 Å². The fourth-order valence-electron chi connectivity index (χ4n) is 1.25. The van der Waals surface area contributed by atoms with Gasteiger partial charge in [0.05, 0.1) is 5.69 Å². The molecule has 6 heteroatoms. The Labute approximate surface area is 130 Å². The van der Waals surface area contributed by atoms with Crippen LogP contribution in [0.5, 0.6) is 5.75 Å². The molecular formula is C13H11Cl3NOTi. The van der Waals surface area contributed by atoms with E-state index < -0.39 is 14.7 Å². The SMILES string of the molecule is Oc1ccccc1C=Nc1ccccc1.[Cl][Ti]([Cl])[Cl]. The quantitative estimate of drug-likeness (QED) is 0.585. The second kappa shape index (κ2) is 9.41. The monoisotopic (exact) mass is 350 g/mol. The molecule has 2 aromatic rings. The second-order valence-electron chi connectivity index (χ2n) is 3.37. The van der Waals surface area contributed by atoms with Crippen LogP contribution in [0.15, 0.2) is 59.6 Å². The average Bonchev–Trinajstić information content (AvgIpc) is 2.38. The summed E-state index contributed by atoms with van der Waals surface area (Å²) in [5.41, 5.74) is 1.60. The van der Waals surface area contributed by atoms with Crippen LogP contribution in [0.4, 0.5) is 5.69 Å². The summed E-state index contributed by atoms with van der Waals surface area (Å²) >= 11 is -1.92. The van der Waals surface area contributed by atoms with Gasteiger partial charge in [-0.2, -0.15) is 0 Å². The third kappa shape index (κ3) is 7.61. The van der Waals surface area contributed by atoms with Crippen molar-refractivity contribution in [3.63, 3.8) is 0 Å². The average molecular weight is 351 g/mol. The minimum atomic E-state index is -1.92. The van der Waals surface area contributed by atoms with Crippen LogP contribution in [0.25, 0.3) is 0 Å². The summed E-state index contributed by atoms with van der Waals surface area (Å²) in [5, 5.41) is 9.50. The molecule has 2 aromatic carbocycles. The number of aliphatic imine (C=N–C) groups is 1. The molecule has 0 fully saturated rings. The van der Waals surface area contributed by atoms with Gasteiger partial charge in [-0.1, -0.05) is 30.3 Å². The van der Waals surface area contributed by atoms with Crippen molar-refractivity contribution in [1.29, 1.82) is 0 Å². The van der Waals surface area contributed by atoms with Crippen molar-refractivity contribution in [2.45, 2.75) is 0 Å². The van der Waals surface area contributed by atoms with Crippen LogP contribution in [0, 0.1) is 0 Å². The zero-order valence-electron chi connectivity index (χ0n) is 9.80. The molecule has 2 nitrogen and oxygen atoms in total. The summed E-state index contributed by atoms with van der Waals surface area (Å²) in [5.74, 6) is 0.247. The molecule has 0 radical (unpaired) electrons. The van der Waals surface area contributed by atoms with Gasteiger partial charge in [0, 0.05) is 11.8 Å². The van der Waals surface area contributed by atoms with Gasteiger partial charge in [-0.3, -0.25) is 4.99 Å². The van der Waals surface area contributed by atoms with Gasteiger partial charge in [-0.05, 0) is 24.3 Å². The van der Waals surface area contributed by atoms with E-state index in [1.54, 1.807) is 18.3 Å². The Morgan fingerprint density at radius 3 is 2.00 bits per heavy atom. The minimum absolute atomic E-state index is 0.247. The first kappa shape index (κ1) is 16.5. The fraction of sp³-hybridized carbons (Fsp3) is 0. The summed E-state index contributed by atoms with van der Waals surface area (Å²) in [4.78, 5) is 4.25. The number of aromatic hydroxyl groups is 1. The van der Waals surface area contributed by atoms with E-state index in [9.17, 15) is 5.11 Å². The molecular weight excluding hydrogens is 340 g/mol. The Hall–Kier alpha value is -0.506. The first-order valence-electron chi connectivity index (χ1n) is 5.30. The molecule has 1 N–H and O–H groups in total. The number of rotatable bonds is 2. The number of para-hydroxylation sites is 2. The van der Waals surface area contributed by atoms with Gasteiger partial charge in [-0.25, -0.2) is 0 Å². The first-order valence-corrected chi connectivity index (χ1v) is 11.7. The molecule has 0 saturated carbocycles. The molecule has 0 aliphatic rings. The third-order valence-electron chi connectivity index (χ3n) is 2.05. The van der Waals surface area contributed by atoms with E-state index in [-0.39, 0.29) is 5.75 Å². The van der Waals surface area contributed by atoms with Gasteiger partial charge in [0.25, 0.3) is 0 Å². The van der Waals surface area contributed by atoms with Gasteiger partial charge in [0.1, 0.15) is 5.75 Å². The Morgan fingerprint density at radius 1 is 0.895 bits per heavy atom. The Morgan fingerprint density at radius 2 is 1.42 bits per heavy atom. The van der Waals surface area contributed by atoms with Gasteiger partial charge in [0.2, 0.25) is 0 Å².